The average Bonchev–Trinajstić information content (AvgIpc) is 3.46. The molecule has 1 fully saturated rings. The second kappa shape index (κ2) is 7.91. The highest BCUT2D eigenvalue weighted by Crippen LogP contribution is 2.28. The maximum absolute atomic E-state index is 13.2. The Bertz CT molecular complexity index is 1210. The van der Waals surface area contributed by atoms with E-state index in [4.69, 9.17) is 9.72 Å². The number of aromatic amines is 1. The maximum Gasteiger partial charge on any atom is 0.274 e. The molecule has 7 nitrogen and oxygen atoms in total. The van der Waals surface area contributed by atoms with Gasteiger partial charge in [-0.05, 0) is 55.7 Å². The van der Waals surface area contributed by atoms with Gasteiger partial charge in [-0.25, -0.2) is 9.67 Å². The lowest BCUT2D eigenvalue weighted by atomic mass is 9.97. The van der Waals surface area contributed by atoms with Gasteiger partial charge >= 0.3 is 0 Å². The van der Waals surface area contributed by atoms with Crippen molar-refractivity contribution in [1.82, 2.24) is 24.6 Å². The number of imidazole rings is 1. The van der Waals surface area contributed by atoms with E-state index >= 15 is 0 Å². The third-order valence-electron chi connectivity index (χ3n) is 5.89. The molecule has 31 heavy (non-hydrogen) atoms. The number of aromatic nitrogens is 4. The van der Waals surface area contributed by atoms with Crippen LogP contribution in [0.2, 0.25) is 0 Å². The minimum Gasteiger partial charge on any atom is -0.494 e. The number of likely N-dealkylation sites (tertiary alicyclic amines) is 1. The van der Waals surface area contributed by atoms with Crippen molar-refractivity contribution in [2.24, 2.45) is 0 Å². The number of carbonyl (C=O) groups excluding carboxylic acids is 1. The van der Waals surface area contributed by atoms with Crippen LogP contribution >= 0.6 is 0 Å². The molecule has 1 atom stereocenters. The highest BCUT2D eigenvalue weighted by atomic mass is 16.5. The molecule has 1 unspecified atom stereocenters. The Balaban J connectivity index is 1.36. The summed E-state index contributed by atoms with van der Waals surface area (Å²) in [5.41, 5.74) is 4.36. The molecular formula is C24H25N5O2. The van der Waals surface area contributed by atoms with Gasteiger partial charge in [-0.2, -0.15) is 5.10 Å². The van der Waals surface area contributed by atoms with Crippen LogP contribution in [0.25, 0.3) is 16.7 Å². The van der Waals surface area contributed by atoms with E-state index < -0.39 is 0 Å². The Morgan fingerprint density at radius 3 is 2.90 bits per heavy atom. The lowest BCUT2D eigenvalue weighted by molar-refractivity contribution is 0.0698. The van der Waals surface area contributed by atoms with Gasteiger partial charge in [0.15, 0.2) is 5.69 Å². The number of fused-ring (bicyclic) bond motifs is 1. The van der Waals surface area contributed by atoms with E-state index in [0.29, 0.717) is 12.2 Å². The van der Waals surface area contributed by atoms with Crippen LogP contribution in [-0.2, 0) is 0 Å². The molecule has 2 aromatic carbocycles. The van der Waals surface area contributed by atoms with Gasteiger partial charge in [0.1, 0.15) is 17.3 Å². The summed E-state index contributed by atoms with van der Waals surface area (Å²) in [5, 5.41) is 4.56. The first-order chi connectivity index (χ1) is 15.1. The average molecular weight is 415 g/mol. The summed E-state index contributed by atoms with van der Waals surface area (Å²) >= 11 is 0. The zero-order chi connectivity index (χ0) is 21.4. The first kappa shape index (κ1) is 19.4. The largest absolute Gasteiger partial charge is 0.494 e. The fourth-order valence-electron chi connectivity index (χ4n) is 4.26. The fourth-order valence-corrected chi connectivity index (χ4v) is 4.26. The molecule has 0 radical (unpaired) electrons. The van der Waals surface area contributed by atoms with Crippen LogP contribution in [-0.4, -0.2) is 50.8 Å². The van der Waals surface area contributed by atoms with Crippen molar-refractivity contribution in [3.8, 4) is 11.4 Å². The predicted molar refractivity (Wildman–Crippen MR) is 119 cm³/mol. The number of hydrogen-bond donors (Lipinski definition) is 1. The Labute approximate surface area is 180 Å². The summed E-state index contributed by atoms with van der Waals surface area (Å²) in [6.07, 6.45) is 3.77. The maximum atomic E-state index is 13.2. The van der Waals surface area contributed by atoms with Gasteiger partial charge in [-0.15, -0.1) is 0 Å². The summed E-state index contributed by atoms with van der Waals surface area (Å²) in [6.45, 7) is 3.39. The number of hydrogen-bond acceptors (Lipinski definition) is 4. The molecule has 7 heteroatoms. The van der Waals surface area contributed by atoms with Crippen molar-refractivity contribution >= 4 is 16.9 Å². The third-order valence-corrected chi connectivity index (χ3v) is 5.89. The third kappa shape index (κ3) is 3.67. The highest BCUT2D eigenvalue weighted by molar-refractivity contribution is 5.92. The van der Waals surface area contributed by atoms with E-state index in [2.05, 4.69) is 10.1 Å². The monoisotopic (exact) mass is 415 g/mol. The van der Waals surface area contributed by atoms with E-state index in [1.807, 2.05) is 60.5 Å². The van der Waals surface area contributed by atoms with Crippen LogP contribution in [0.15, 0.2) is 54.7 Å². The minimum absolute atomic E-state index is 0.0498. The van der Waals surface area contributed by atoms with Crippen LogP contribution in [0.4, 0.5) is 0 Å². The van der Waals surface area contributed by atoms with Crippen molar-refractivity contribution in [2.45, 2.75) is 25.7 Å². The molecule has 5 rings (SSSR count). The molecule has 0 bridgehead atoms. The van der Waals surface area contributed by atoms with Gasteiger partial charge < -0.3 is 14.6 Å². The van der Waals surface area contributed by atoms with Gasteiger partial charge in [0, 0.05) is 25.2 Å². The molecule has 0 spiro atoms. The molecule has 0 aliphatic carbocycles. The van der Waals surface area contributed by atoms with E-state index in [1.54, 1.807) is 17.9 Å². The number of amides is 1. The smallest absolute Gasteiger partial charge is 0.274 e. The van der Waals surface area contributed by atoms with Gasteiger partial charge in [-0.3, -0.25) is 4.79 Å². The van der Waals surface area contributed by atoms with Crippen LogP contribution < -0.4 is 4.74 Å². The van der Waals surface area contributed by atoms with Gasteiger partial charge in [0.25, 0.3) is 5.91 Å². The number of rotatable bonds is 4. The van der Waals surface area contributed by atoms with E-state index in [-0.39, 0.29) is 11.8 Å². The number of nitrogens with zero attached hydrogens (tertiary/aromatic N) is 4. The van der Waals surface area contributed by atoms with Crippen molar-refractivity contribution in [3.05, 3.63) is 71.8 Å². The van der Waals surface area contributed by atoms with E-state index in [9.17, 15) is 4.79 Å². The van der Waals surface area contributed by atoms with Crippen LogP contribution in [0.3, 0.4) is 0 Å². The zero-order valence-electron chi connectivity index (χ0n) is 17.7. The fraction of sp³-hybridized carbons (Fsp3) is 0.292. The Hall–Kier alpha value is -3.61. The van der Waals surface area contributed by atoms with Crippen molar-refractivity contribution in [3.63, 3.8) is 0 Å². The number of ether oxygens (including phenoxy) is 1. The van der Waals surface area contributed by atoms with Crippen molar-refractivity contribution in [1.29, 1.82) is 0 Å². The van der Waals surface area contributed by atoms with Gasteiger partial charge in [0.2, 0.25) is 0 Å². The number of methoxy groups -OCH3 is 1. The Morgan fingerprint density at radius 1 is 1.19 bits per heavy atom. The normalized spacial score (nSPS) is 16.6. The summed E-state index contributed by atoms with van der Waals surface area (Å²) in [5.74, 6) is 1.82. The number of para-hydroxylation sites is 2. The summed E-state index contributed by atoms with van der Waals surface area (Å²) in [7, 11) is 1.63. The van der Waals surface area contributed by atoms with Crippen LogP contribution in [0.5, 0.6) is 5.75 Å². The predicted octanol–water partition coefficient (Wildman–Crippen LogP) is 4.09. The molecule has 158 valence electrons. The highest BCUT2D eigenvalue weighted by Gasteiger charge is 2.28. The molecule has 1 N–H and O–H groups in total. The number of H-pyrrole nitrogens is 1. The van der Waals surface area contributed by atoms with E-state index in [0.717, 1.165) is 53.2 Å². The van der Waals surface area contributed by atoms with E-state index in [1.165, 1.54) is 0 Å². The molecule has 3 heterocycles. The molecule has 0 saturated carbocycles. The van der Waals surface area contributed by atoms with Crippen molar-refractivity contribution < 1.29 is 9.53 Å². The number of benzene rings is 2. The van der Waals surface area contributed by atoms with Crippen LogP contribution in [0, 0.1) is 6.92 Å². The quantitative estimate of drug-likeness (QED) is 0.545. The van der Waals surface area contributed by atoms with Gasteiger partial charge in [0.05, 0.1) is 18.1 Å². The summed E-state index contributed by atoms with van der Waals surface area (Å²) in [6, 6.07) is 15.7. The van der Waals surface area contributed by atoms with Crippen molar-refractivity contribution in [2.75, 3.05) is 20.2 Å². The number of nitrogens with one attached hydrogen (secondary N) is 1. The molecule has 2 aromatic heterocycles. The number of aryl methyl sites for hydroxylation is 1. The van der Waals surface area contributed by atoms with Crippen LogP contribution in [0.1, 0.15) is 40.6 Å². The molecule has 4 aromatic rings. The lowest BCUT2D eigenvalue weighted by Gasteiger charge is -2.31. The first-order valence-corrected chi connectivity index (χ1v) is 10.6. The number of piperidine rings is 1. The SMILES string of the molecule is COc1ccc(C)cc1-n1ccc(C(=O)N2CCCC(c3nc4ccccc4[nH]3)C2)n1. The summed E-state index contributed by atoms with van der Waals surface area (Å²) < 4.78 is 7.17. The summed E-state index contributed by atoms with van der Waals surface area (Å²) in [4.78, 5) is 23.3. The second-order valence-corrected chi connectivity index (χ2v) is 8.05. The minimum atomic E-state index is -0.0498. The first-order valence-electron chi connectivity index (χ1n) is 10.6. The molecule has 1 saturated heterocycles. The molecule has 1 aliphatic heterocycles. The number of carbonyl (C=O) groups is 1. The standard InChI is InChI=1S/C24H25N5O2/c1-16-9-10-22(31-2)21(14-16)29-13-11-20(27-29)24(30)28-12-5-6-17(15-28)23-25-18-7-3-4-8-19(18)26-23/h3-4,7-11,13-14,17H,5-6,12,15H2,1-2H3,(H,25,26). The molecule has 1 aliphatic rings. The second-order valence-electron chi connectivity index (χ2n) is 8.05. The topological polar surface area (TPSA) is 76.0 Å². The van der Waals surface area contributed by atoms with Gasteiger partial charge in [-0.1, -0.05) is 18.2 Å². The zero-order valence-corrected chi connectivity index (χ0v) is 17.7. The Kier molecular flexibility index (Phi) is 4.94. The molecule has 1 amide bonds. The molecular weight excluding hydrogens is 390 g/mol. The Morgan fingerprint density at radius 2 is 2.06 bits per heavy atom. The lowest BCUT2D eigenvalue weighted by Crippen LogP contribution is -2.39.